The maximum atomic E-state index is 2.68. The first-order valence-electron chi connectivity index (χ1n) is 6.30. The quantitative estimate of drug-likeness (QED) is 0.668. The maximum Gasteiger partial charge on any atom is 0.0106 e. The van der Waals surface area contributed by atoms with Crippen LogP contribution in [0.1, 0.15) is 47.0 Å². The van der Waals surface area contributed by atoms with E-state index < -0.39 is 0 Å². The Morgan fingerprint density at radius 1 is 1.00 bits per heavy atom. The molecule has 0 N–H and O–H groups in total. The van der Waals surface area contributed by atoms with Crippen LogP contribution < -0.4 is 0 Å². The lowest BCUT2D eigenvalue weighted by Gasteiger charge is -2.58. The predicted octanol–water partition coefficient (Wildman–Crippen LogP) is 3.15. The summed E-state index contributed by atoms with van der Waals surface area (Å²) in [5.41, 5.74) is 0.667. The maximum absolute atomic E-state index is 2.68. The summed E-state index contributed by atoms with van der Waals surface area (Å²) < 4.78 is 0. The molecule has 1 heterocycles. The van der Waals surface area contributed by atoms with Crippen molar-refractivity contribution in [2.45, 2.75) is 53.0 Å². The van der Waals surface area contributed by atoms with Crippen molar-refractivity contribution in [2.75, 3.05) is 13.1 Å². The second-order valence-electron chi connectivity index (χ2n) is 5.99. The van der Waals surface area contributed by atoms with E-state index in [0.29, 0.717) is 5.41 Å². The molecule has 1 aliphatic carbocycles. The van der Waals surface area contributed by atoms with E-state index in [9.17, 15) is 0 Å². The molecule has 1 heteroatoms. The molecular formula is C13H25N. The van der Waals surface area contributed by atoms with Crippen LogP contribution in [0.4, 0.5) is 0 Å². The van der Waals surface area contributed by atoms with Crippen molar-refractivity contribution in [1.29, 1.82) is 0 Å². The van der Waals surface area contributed by atoms with Gasteiger partial charge in [-0.3, -0.25) is 0 Å². The van der Waals surface area contributed by atoms with E-state index in [-0.39, 0.29) is 0 Å². The van der Waals surface area contributed by atoms with Crippen LogP contribution in [0, 0.1) is 17.3 Å². The molecule has 0 bridgehead atoms. The van der Waals surface area contributed by atoms with Crippen LogP contribution in [0.2, 0.25) is 0 Å². The molecule has 1 saturated carbocycles. The largest absolute Gasteiger partial charge is 0.300 e. The lowest BCUT2D eigenvalue weighted by Crippen LogP contribution is -2.58. The van der Waals surface area contributed by atoms with Crippen molar-refractivity contribution in [3.05, 3.63) is 0 Å². The fourth-order valence-corrected chi connectivity index (χ4v) is 3.39. The summed E-state index contributed by atoms with van der Waals surface area (Å²) in [5.74, 6) is 1.72. The van der Waals surface area contributed by atoms with E-state index in [1.165, 1.54) is 32.4 Å². The third-order valence-corrected chi connectivity index (χ3v) is 4.94. The zero-order valence-electron chi connectivity index (χ0n) is 10.2. The Morgan fingerprint density at radius 3 is 1.79 bits per heavy atom. The Labute approximate surface area is 88.9 Å². The van der Waals surface area contributed by atoms with Crippen LogP contribution >= 0.6 is 0 Å². The highest BCUT2D eigenvalue weighted by Crippen LogP contribution is 2.54. The molecule has 1 saturated heterocycles. The van der Waals surface area contributed by atoms with Crippen LogP contribution in [-0.2, 0) is 0 Å². The number of hydrogen-bond donors (Lipinski definition) is 0. The number of likely N-dealkylation sites (tertiary alicyclic amines) is 1. The first kappa shape index (κ1) is 10.5. The van der Waals surface area contributed by atoms with Crippen LogP contribution in [0.3, 0.4) is 0 Å². The normalized spacial score (nSPS) is 27.9. The lowest BCUT2D eigenvalue weighted by atomic mass is 9.53. The second-order valence-corrected chi connectivity index (χ2v) is 5.99. The van der Waals surface area contributed by atoms with Gasteiger partial charge in [0.1, 0.15) is 0 Å². The van der Waals surface area contributed by atoms with Gasteiger partial charge in [0.15, 0.2) is 0 Å². The highest BCUT2D eigenvalue weighted by atomic mass is 15.2. The van der Waals surface area contributed by atoms with E-state index in [1.54, 1.807) is 0 Å². The molecule has 1 aliphatic heterocycles. The number of rotatable bonds is 3. The molecule has 0 aromatic carbocycles. The molecule has 2 fully saturated rings. The molecule has 1 nitrogen and oxygen atoms in total. The summed E-state index contributed by atoms with van der Waals surface area (Å²) in [4.78, 5) is 2.68. The van der Waals surface area contributed by atoms with Crippen molar-refractivity contribution in [3.8, 4) is 0 Å². The van der Waals surface area contributed by atoms with Gasteiger partial charge in [-0.25, -0.2) is 0 Å². The third-order valence-electron chi connectivity index (χ3n) is 4.94. The molecule has 0 atom stereocenters. The van der Waals surface area contributed by atoms with Crippen molar-refractivity contribution >= 4 is 0 Å². The molecule has 0 amide bonds. The predicted molar refractivity (Wildman–Crippen MR) is 61.3 cm³/mol. The van der Waals surface area contributed by atoms with Gasteiger partial charge in [-0.1, -0.05) is 27.7 Å². The summed E-state index contributed by atoms with van der Waals surface area (Å²) >= 11 is 0. The summed E-state index contributed by atoms with van der Waals surface area (Å²) in [6.45, 7) is 12.4. The molecule has 14 heavy (non-hydrogen) atoms. The Bertz CT molecular complexity index is 187. The minimum absolute atomic E-state index is 0.667. The first-order chi connectivity index (χ1) is 6.56. The first-order valence-corrected chi connectivity index (χ1v) is 6.30. The van der Waals surface area contributed by atoms with Gasteiger partial charge in [0.2, 0.25) is 0 Å². The second kappa shape index (κ2) is 3.52. The van der Waals surface area contributed by atoms with E-state index in [2.05, 4.69) is 32.6 Å². The monoisotopic (exact) mass is 195 g/mol. The molecule has 0 unspecified atom stereocenters. The minimum Gasteiger partial charge on any atom is -0.300 e. The number of nitrogens with zero attached hydrogens (tertiary/aromatic N) is 1. The van der Waals surface area contributed by atoms with Crippen molar-refractivity contribution in [3.63, 3.8) is 0 Å². The van der Waals surface area contributed by atoms with Gasteiger partial charge >= 0.3 is 0 Å². The number of hydrogen-bond acceptors (Lipinski definition) is 1. The van der Waals surface area contributed by atoms with Gasteiger partial charge < -0.3 is 4.90 Å². The summed E-state index contributed by atoms with van der Waals surface area (Å²) in [5, 5.41) is 0. The fraction of sp³-hybridized carbons (Fsp3) is 1.00. The van der Waals surface area contributed by atoms with Gasteiger partial charge in [-0.2, -0.15) is 0 Å². The average Bonchev–Trinajstić information content (AvgIpc) is 1.89. The topological polar surface area (TPSA) is 3.24 Å². The van der Waals surface area contributed by atoms with Gasteiger partial charge in [0, 0.05) is 6.04 Å². The molecule has 0 spiro atoms. The highest BCUT2D eigenvalue weighted by Gasteiger charge is 2.50. The molecule has 0 aromatic heterocycles. The lowest BCUT2D eigenvalue weighted by molar-refractivity contribution is -0.0835. The Morgan fingerprint density at radius 2 is 1.50 bits per heavy atom. The highest BCUT2D eigenvalue weighted by molar-refractivity contribution is 5.03. The Kier molecular flexibility index (Phi) is 2.63. The smallest absolute Gasteiger partial charge is 0.0106 e. The Balaban J connectivity index is 1.92. The van der Waals surface area contributed by atoms with E-state index in [4.69, 9.17) is 0 Å². The molecule has 0 radical (unpaired) electrons. The molecule has 2 rings (SSSR count). The van der Waals surface area contributed by atoms with Gasteiger partial charge in [-0.15, -0.1) is 0 Å². The zero-order valence-corrected chi connectivity index (χ0v) is 10.2. The summed E-state index contributed by atoms with van der Waals surface area (Å²) in [6, 6.07) is 0.938. The summed E-state index contributed by atoms with van der Waals surface area (Å²) in [6.07, 6.45) is 4.36. The van der Waals surface area contributed by atoms with Gasteiger partial charge in [0.05, 0.1) is 0 Å². The van der Waals surface area contributed by atoms with Crippen molar-refractivity contribution in [1.82, 2.24) is 4.90 Å². The van der Waals surface area contributed by atoms with Crippen LogP contribution in [0.25, 0.3) is 0 Å². The SMILES string of the molecule is CC(C)C1(C(C)C)CC(N2CCC2)C1. The van der Waals surface area contributed by atoms with Crippen LogP contribution in [-0.4, -0.2) is 24.0 Å². The third kappa shape index (κ3) is 1.41. The standard InChI is InChI=1S/C13H25N/c1-10(2)13(11(3)4)8-12(9-13)14-6-5-7-14/h10-12H,5-9H2,1-4H3. The van der Waals surface area contributed by atoms with Crippen LogP contribution in [0.5, 0.6) is 0 Å². The van der Waals surface area contributed by atoms with Gasteiger partial charge in [-0.05, 0) is 49.6 Å². The fourth-order valence-electron chi connectivity index (χ4n) is 3.39. The Hall–Kier alpha value is -0.0400. The van der Waals surface area contributed by atoms with Crippen molar-refractivity contribution < 1.29 is 0 Å². The summed E-state index contributed by atoms with van der Waals surface area (Å²) in [7, 11) is 0. The zero-order chi connectivity index (χ0) is 10.3. The molecular weight excluding hydrogens is 170 g/mol. The van der Waals surface area contributed by atoms with Crippen molar-refractivity contribution in [2.24, 2.45) is 17.3 Å². The van der Waals surface area contributed by atoms with Gasteiger partial charge in [0.25, 0.3) is 0 Å². The van der Waals surface area contributed by atoms with E-state index in [0.717, 1.165) is 17.9 Å². The molecule has 2 aliphatic rings. The average molecular weight is 195 g/mol. The van der Waals surface area contributed by atoms with E-state index >= 15 is 0 Å². The molecule has 0 aromatic rings. The molecule has 82 valence electrons. The van der Waals surface area contributed by atoms with E-state index in [1.807, 2.05) is 0 Å². The minimum atomic E-state index is 0.667. The van der Waals surface area contributed by atoms with Crippen LogP contribution in [0.15, 0.2) is 0 Å².